The highest BCUT2D eigenvalue weighted by Crippen LogP contribution is 2.12. The van der Waals surface area contributed by atoms with E-state index in [2.05, 4.69) is 0 Å². The van der Waals surface area contributed by atoms with E-state index in [4.69, 9.17) is 4.42 Å². The molecule has 0 aliphatic carbocycles. The highest BCUT2D eigenvalue weighted by atomic mass is 32.2. The van der Waals surface area contributed by atoms with Crippen molar-refractivity contribution in [3.63, 3.8) is 0 Å². The maximum Gasteiger partial charge on any atom is 0.142 e. The summed E-state index contributed by atoms with van der Waals surface area (Å²) >= 11 is 1.60. The highest BCUT2D eigenvalue weighted by Gasteiger charge is 1.99. The zero-order valence-electron chi connectivity index (χ0n) is 7.08. The minimum atomic E-state index is 0.298. The predicted molar refractivity (Wildman–Crippen MR) is 50.2 cm³/mol. The Morgan fingerprint density at radius 3 is 3.08 bits per heavy atom. The lowest BCUT2D eigenvalue weighted by atomic mass is 10.4. The maximum atomic E-state index is 10.9. The van der Waals surface area contributed by atoms with E-state index in [0.29, 0.717) is 18.0 Å². The summed E-state index contributed by atoms with van der Waals surface area (Å²) in [6.45, 7) is 1.88. The van der Waals surface area contributed by atoms with Gasteiger partial charge in [-0.3, -0.25) is 4.79 Å². The molecule has 12 heavy (non-hydrogen) atoms. The number of ketones is 1. The minimum absolute atomic E-state index is 0.298. The molecule has 0 aromatic carbocycles. The van der Waals surface area contributed by atoms with Gasteiger partial charge in [0.2, 0.25) is 0 Å². The number of carbonyl (C=O) groups excluding carboxylic acids is 1. The molecular weight excluding hydrogens is 172 g/mol. The average Bonchev–Trinajstić information content (AvgIpc) is 2.57. The monoisotopic (exact) mass is 184 g/mol. The van der Waals surface area contributed by atoms with E-state index in [1.807, 2.05) is 19.1 Å². The van der Waals surface area contributed by atoms with Crippen molar-refractivity contribution in [2.45, 2.75) is 19.1 Å². The van der Waals surface area contributed by atoms with Crippen molar-refractivity contribution >= 4 is 17.5 Å². The third-order valence-corrected chi connectivity index (χ3v) is 2.50. The van der Waals surface area contributed by atoms with Gasteiger partial charge in [0.1, 0.15) is 11.5 Å². The lowest BCUT2D eigenvalue weighted by molar-refractivity contribution is -0.116. The fraction of sp³-hybridized carbons (Fsp3) is 0.444. The molecule has 0 aliphatic rings. The van der Waals surface area contributed by atoms with Crippen LogP contribution < -0.4 is 0 Å². The lowest BCUT2D eigenvalue weighted by Crippen LogP contribution is -1.98. The van der Waals surface area contributed by atoms with Gasteiger partial charge < -0.3 is 4.42 Å². The van der Waals surface area contributed by atoms with Gasteiger partial charge in [-0.15, -0.1) is 11.8 Å². The lowest BCUT2D eigenvalue weighted by Gasteiger charge is -1.95. The van der Waals surface area contributed by atoms with Gasteiger partial charge in [0.15, 0.2) is 0 Å². The Bertz CT molecular complexity index is 229. The Hall–Kier alpha value is -0.700. The molecule has 0 radical (unpaired) electrons. The van der Waals surface area contributed by atoms with Gasteiger partial charge in [-0.25, -0.2) is 0 Å². The quantitative estimate of drug-likeness (QED) is 0.704. The fourth-order valence-corrected chi connectivity index (χ4v) is 1.66. The van der Waals surface area contributed by atoms with Crippen LogP contribution >= 0.6 is 11.8 Å². The smallest absolute Gasteiger partial charge is 0.142 e. The normalized spacial score (nSPS) is 10.1. The van der Waals surface area contributed by atoms with Crippen molar-refractivity contribution in [2.75, 3.05) is 5.75 Å². The van der Waals surface area contributed by atoms with E-state index >= 15 is 0 Å². The number of furan rings is 1. The van der Waals surface area contributed by atoms with E-state index in [1.165, 1.54) is 0 Å². The summed E-state index contributed by atoms with van der Waals surface area (Å²) in [6, 6.07) is 3.78. The Kier molecular flexibility index (Phi) is 3.94. The molecular formula is C9H12O2S. The first kappa shape index (κ1) is 9.39. The van der Waals surface area contributed by atoms with Crippen LogP contribution in [-0.4, -0.2) is 11.5 Å². The minimum Gasteiger partial charge on any atom is -0.468 e. The number of hydrogen-bond donors (Lipinski definition) is 0. The third-order valence-electron chi connectivity index (χ3n) is 1.48. The van der Waals surface area contributed by atoms with Crippen molar-refractivity contribution in [3.05, 3.63) is 24.2 Å². The van der Waals surface area contributed by atoms with Crippen LogP contribution in [0.5, 0.6) is 0 Å². The van der Waals surface area contributed by atoms with E-state index in [1.54, 1.807) is 18.0 Å². The Morgan fingerprint density at radius 2 is 2.50 bits per heavy atom. The number of Topliss-reactive ketones (excluding diaryl/α,β-unsaturated/α-hetero) is 1. The molecule has 66 valence electrons. The summed E-state index contributed by atoms with van der Waals surface area (Å²) in [5, 5.41) is 0. The number of carbonyl (C=O) groups is 1. The van der Waals surface area contributed by atoms with E-state index in [-0.39, 0.29) is 0 Å². The van der Waals surface area contributed by atoms with Gasteiger partial charge >= 0.3 is 0 Å². The van der Waals surface area contributed by atoms with Crippen LogP contribution in [0.3, 0.4) is 0 Å². The van der Waals surface area contributed by atoms with Crippen LogP contribution in [0.2, 0.25) is 0 Å². The molecule has 0 unspecified atom stereocenters. The summed E-state index contributed by atoms with van der Waals surface area (Å²) in [5.74, 6) is 2.62. The molecule has 0 spiro atoms. The van der Waals surface area contributed by atoms with Gasteiger partial charge in [0, 0.05) is 6.42 Å². The number of thioether (sulfide) groups is 1. The molecule has 0 aliphatic heterocycles. The molecule has 2 nitrogen and oxygen atoms in total. The largest absolute Gasteiger partial charge is 0.468 e. The molecule has 0 N–H and O–H groups in total. The van der Waals surface area contributed by atoms with Crippen molar-refractivity contribution < 1.29 is 9.21 Å². The van der Waals surface area contributed by atoms with Crippen LogP contribution in [0.4, 0.5) is 0 Å². The third kappa shape index (κ3) is 3.13. The molecule has 3 heteroatoms. The molecule has 0 amide bonds. The van der Waals surface area contributed by atoms with Gasteiger partial charge in [0.25, 0.3) is 0 Å². The van der Waals surface area contributed by atoms with Gasteiger partial charge in [-0.05, 0) is 12.1 Å². The summed E-state index contributed by atoms with van der Waals surface area (Å²) < 4.78 is 5.12. The Balaban J connectivity index is 2.15. The highest BCUT2D eigenvalue weighted by molar-refractivity contribution is 7.99. The van der Waals surface area contributed by atoms with E-state index < -0.39 is 0 Å². The SMILES string of the molecule is CCC(=O)CSCc1ccco1. The van der Waals surface area contributed by atoms with Crippen molar-refractivity contribution in [3.8, 4) is 0 Å². The zero-order chi connectivity index (χ0) is 8.81. The second-order valence-electron chi connectivity index (χ2n) is 2.46. The Morgan fingerprint density at radius 1 is 1.67 bits per heavy atom. The molecule has 1 heterocycles. The van der Waals surface area contributed by atoms with Gasteiger partial charge in [0.05, 0.1) is 17.8 Å². The first-order valence-electron chi connectivity index (χ1n) is 3.94. The van der Waals surface area contributed by atoms with Crippen LogP contribution in [0, 0.1) is 0 Å². The molecule has 0 saturated heterocycles. The number of hydrogen-bond acceptors (Lipinski definition) is 3. The van der Waals surface area contributed by atoms with Gasteiger partial charge in [-0.2, -0.15) is 0 Å². The second kappa shape index (κ2) is 5.04. The van der Waals surface area contributed by atoms with E-state index in [0.717, 1.165) is 11.5 Å². The number of rotatable bonds is 5. The van der Waals surface area contributed by atoms with Crippen LogP contribution in [-0.2, 0) is 10.5 Å². The van der Waals surface area contributed by atoms with Crippen molar-refractivity contribution in [1.82, 2.24) is 0 Å². The summed E-state index contributed by atoms with van der Waals surface area (Å²) in [6.07, 6.45) is 2.28. The fourth-order valence-electron chi connectivity index (χ4n) is 0.762. The second-order valence-corrected chi connectivity index (χ2v) is 3.45. The zero-order valence-corrected chi connectivity index (χ0v) is 7.89. The first-order chi connectivity index (χ1) is 5.83. The van der Waals surface area contributed by atoms with Crippen LogP contribution in [0.15, 0.2) is 22.8 Å². The first-order valence-corrected chi connectivity index (χ1v) is 5.10. The molecule has 0 bridgehead atoms. The molecule has 1 rings (SSSR count). The molecule has 1 aromatic heterocycles. The van der Waals surface area contributed by atoms with Crippen LogP contribution in [0.1, 0.15) is 19.1 Å². The standard InChI is InChI=1S/C9H12O2S/c1-2-8(10)6-12-7-9-4-3-5-11-9/h3-5H,2,6-7H2,1H3. The predicted octanol–water partition coefficient (Wildman–Crippen LogP) is 2.49. The van der Waals surface area contributed by atoms with Crippen molar-refractivity contribution in [1.29, 1.82) is 0 Å². The molecule has 0 atom stereocenters. The average molecular weight is 184 g/mol. The van der Waals surface area contributed by atoms with Gasteiger partial charge in [-0.1, -0.05) is 6.92 Å². The Labute approximate surface area is 76.3 Å². The van der Waals surface area contributed by atoms with Crippen molar-refractivity contribution in [2.24, 2.45) is 0 Å². The summed E-state index contributed by atoms with van der Waals surface area (Å²) in [5.41, 5.74) is 0. The topological polar surface area (TPSA) is 30.2 Å². The maximum absolute atomic E-state index is 10.9. The summed E-state index contributed by atoms with van der Waals surface area (Å²) in [7, 11) is 0. The molecule has 0 saturated carbocycles. The van der Waals surface area contributed by atoms with E-state index in [9.17, 15) is 4.79 Å². The van der Waals surface area contributed by atoms with Crippen LogP contribution in [0.25, 0.3) is 0 Å². The summed E-state index contributed by atoms with van der Waals surface area (Å²) in [4.78, 5) is 10.9. The molecule has 1 aromatic rings. The molecule has 0 fully saturated rings.